The first-order chi connectivity index (χ1) is 11.5. The van der Waals surface area contributed by atoms with Gasteiger partial charge in [0, 0.05) is 17.4 Å². The highest BCUT2D eigenvalue weighted by molar-refractivity contribution is 8.13. The molecule has 126 valence electrons. The molecule has 0 saturated carbocycles. The standard InChI is InChI=1S/C16H14F3N3OS/c17-14-8-13(23-15(18)19)7-6-12(14)9-21-22-16(20)24-10-11-4-2-1-3-5-11/h1-9,15H,10H2,(H2,20,22). The zero-order chi connectivity index (χ0) is 17.4. The van der Waals surface area contributed by atoms with Crippen LogP contribution in [0.5, 0.6) is 5.75 Å². The largest absolute Gasteiger partial charge is 0.435 e. The van der Waals surface area contributed by atoms with Crippen LogP contribution < -0.4 is 10.5 Å². The molecule has 0 fully saturated rings. The number of hydrogen-bond acceptors (Lipinski definition) is 4. The van der Waals surface area contributed by atoms with E-state index in [9.17, 15) is 13.2 Å². The summed E-state index contributed by atoms with van der Waals surface area (Å²) in [5.74, 6) is -0.372. The van der Waals surface area contributed by atoms with Crippen LogP contribution in [0.25, 0.3) is 0 Å². The number of rotatable bonds is 6. The van der Waals surface area contributed by atoms with Crippen LogP contribution in [0.3, 0.4) is 0 Å². The van der Waals surface area contributed by atoms with Crippen molar-refractivity contribution in [3.63, 3.8) is 0 Å². The second-order valence-corrected chi connectivity index (χ2v) is 5.51. The molecule has 8 heteroatoms. The Balaban J connectivity index is 1.92. The number of amidine groups is 1. The maximum atomic E-state index is 13.7. The van der Waals surface area contributed by atoms with Crippen LogP contribution >= 0.6 is 11.8 Å². The van der Waals surface area contributed by atoms with Gasteiger partial charge >= 0.3 is 6.61 Å². The summed E-state index contributed by atoms with van der Waals surface area (Å²) in [6.45, 7) is -3.00. The van der Waals surface area contributed by atoms with Gasteiger partial charge in [0.2, 0.25) is 0 Å². The van der Waals surface area contributed by atoms with E-state index in [1.165, 1.54) is 23.9 Å². The summed E-state index contributed by atoms with van der Waals surface area (Å²) in [5.41, 5.74) is 6.88. The summed E-state index contributed by atoms with van der Waals surface area (Å²) >= 11 is 1.30. The minimum atomic E-state index is -3.00. The number of benzene rings is 2. The van der Waals surface area contributed by atoms with Crippen LogP contribution in [-0.4, -0.2) is 18.0 Å². The minimum absolute atomic E-state index is 0.0845. The Hall–Kier alpha value is -2.48. The molecule has 0 aliphatic carbocycles. The van der Waals surface area contributed by atoms with E-state index in [4.69, 9.17) is 5.73 Å². The molecule has 4 nitrogen and oxygen atoms in total. The first-order valence-corrected chi connectivity index (χ1v) is 7.81. The van der Waals surface area contributed by atoms with E-state index in [0.29, 0.717) is 5.75 Å². The number of hydrogen-bond donors (Lipinski definition) is 1. The molecule has 0 saturated heterocycles. The van der Waals surface area contributed by atoms with Gasteiger partial charge in [-0.15, -0.1) is 5.10 Å². The van der Waals surface area contributed by atoms with Gasteiger partial charge < -0.3 is 10.5 Å². The molecular formula is C16H14F3N3OS. The number of alkyl halides is 2. The predicted octanol–water partition coefficient (Wildman–Crippen LogP) is 4.01. The lowest BCUT2D eigenvalue weighted by molar-refractivity contribution is -0.0499. The molecule has 2 aromatic carbocycles. The van der Waals surface area contributed by atoms with Crippen LogP contribution in [0.15, 0.2) is 58.7 Å². The third-order valence-electron chi connectivity index (χ3n) is 2.78. The molecule has 2 rings (SSSR count). The van der Waals surface area contributed by atoms with Gasteiger partial charge in [0.05, 0.1) is 6.21 Å². The van der Waals surface area contributed by atoms with Crippen LogP contribution in [-0.2, 0) is 5.75 Å². The number of ether oxygens (including phenoxy) is 1. The fraction of sp³-hybridized carbons (Fsp3) is 0.125. The normalized spacial score (nSPS) is 12.1. The average molecular weight is 353 g/mol. The van der Waals surface area contributed by atoms with Gasteiger partial charge in [0.25, 0.3) is 0 Å². The number of thioether (sulfide) groups is 1. The zero-order valence-electron chi connectivity index (χ0n) is 12.4. The topological polar surface area (TPSA) is 60.0 Å². The second-order valence-electron chi connectivity index (χ2n) is 4.52. The molecule has 0 aliphatic rings. The van der Waals surface area contributed by atoms with Crippen molar-refractivity contribution in [2.75, 3.05) is 0 Å². The van der Waals surface area contributed by atoms with Gasteiger partial charge in [-0.25, -0.2) is 4.39 Å². The molecular weight excluding hydrogens is 339 g/mol. The van der Waals surface area contributed by atoms with E-state index in [1.54, 1.807) is 0 Å². The van der Waals surface area contributed by atoms with Crippen molar-refractivity contribution in [3.05, 3.63) is 65.5 Å². The van der Waals surface area contributed by atoms with E-state index in [2.05, 4.69) is 14.9 Å². The highest BCUT2D eigenvalue weighted by Crippen LogP contribution is 2.18. The number of halogens is 3. The lowest BCUT2D eigenvalue weighted by atomic mass is 10.2. The van der Waals surface area contributed by atoms with E-state index in [1.807, 2.05) is 30.3 Å². The highest BCUT2D eigenvalue weighted by Gasteiger charge is 2.07. The van der Waals surface area contributed by atoms with Crippen LogP contribution in [0.1, 0.15) is 11.1 Å². The second kappa shape index (κ2) is 8.97. The number of nitrogens with zero attached hydrogens (tertiary/aromatic N) is 2. The molecule has 0 unspecified atom stereocenters. The molecule has 2 N–H and O–H groups in total. The van der Waals surface area contributed by atoms with E-state index < -0.39 is 12.4 Å². The summed E-state index contributed by atoms with van der Waals surface area (Å²) in [7, 11) is 0. The van der Waals surface area contributed by atoms with Gasteiger partial charge in [-0.05, 0) is 17.7 Å². The quantitative estimate of drug-likeness (QED) is 0.485. The Morgan fingerprint density at radius 2 is 1.96 bits per heavy atom. The lowest BCUT2D eigenvalue weighted by Crippen LogP contribution is -2.06. The molecule has 0 spiro atoms. The Morgan fingerprint density at radius 1 is 1.21 bits per heavy atom. The van der Waals surface area contributed by atoms with Gasteiger partial charge in [-0.3, -0.25) is 0 Å². The van der Waals surface area contributed by atoms with E-state index in [-0.39, 0.29) is 16.5 Å². The molecule has 0 aromatic heterocycles. The monoisotopic (exact) mass is 353 g/mol. The van der Waals surface area contributed by atoms with Crippen LogP contribution in [0.2, 0.25) is 0 Å². The Morgan fingerprint density at radius 3 is 2.62 bits per heavy atom. The smallest absolute Gasteiger partial charge is 0.387 e. The molecule has 24 heavy (non-hydrogen) atoms. The van der Waals surface area contributed by atoms with E-state index >= 15 is 0 Å². The maximum Gasteiger partial charge on any atom is 0.387 e. The first kappa shape index (κ1) is 17.9. The van der Waals surface area contributed by atoms with Crippen molar-refractivity contribution in [3.8, 4) is 5.75 Å². The third kappa shape index (κ3) is 5.96. The third-order valence-corrected chi connectivity index (χ3v) is 3.63. The summed E-state index contributed by atoms with van der Waals surface area (Å²) in [6, 6.07) is 13.0. The van der Waals surface area contributed by atoms with E-state index in [0.717, 1.165) is 17.8 Å². The molecule has 0 amide bonds. The fourth-order valence-electron chi connectivity index (χ4n) is 1.70. The van der Waals surface area contributed by atoms with Gasteiger partial charge in [-0.2, -0.15) is 13.9 Å². The molecule has 0 bridgehead atoms. The van der Waals surface area contributed by atoms with Crippen LogP contribution in [0, 0.1) is 5.82 Å². The maximum absolute atomic E-state index is 13.7. The zero-order valence-corrected chi connectivity index (χ0v) is 13.2. The van der Waals surface area contributed by atoms with Gasteiger partial charge in [-0.1, -0.05) is 42.1 Å². The first-order valence-electron chi connectivity index (χ1n) is 6.82. The van der Waals surface area contributed by atoms with Crippen molar-refractivity contribution in [2.24, 2.45) is 15.9 Å². The number of nitrogens with two attached hydrogens (primary N) is 1. The Kier molecular flexibility index (Phi) is 6.68. The summed E-state index contributed by atoms with van der Waals surface area (Å²) in [4.78, 5) is 0. The van der Waals surface area contributed by atoms with Crippen molar-refractivity contribution < 1.29 is 17.9 Å². The van der Waals surface area contributed by atoms with Gasteiger partial charge in [0.1, 0.15) is 11.6 Å². The van der Waals surface area contributed by atoms with Crippen molar-refractivity contribution >= 4 is 23.1 Å². The summed E-state index contributed by atoms with van der Waals surface area (Å²) in [6.07, 6.45) is 1.15. The average Bonchev–Trinajstić information content (AvgIpc) is 2.55. The molecule has 2 aromatic rings. The molecule has 0 aliphatic heterocycles. The SMILES string of the molecule is NC(=NN=Cc1ccc(OC(F)F)cc1F)SCc1ccccc1. The van der Waals surface area contributed by atoms with Crippen molar-refractivity contribution in [2.45, 2.75) is 12.4 Å². The predicted molar refractivity (Wildman–Crippen MR) is 90.0 cm³/mol. The van der Waals surface area contributed by atoms with Crippen molar-refractivity contribution in [1.82, 2.24) is 0 Å². The molecule has 0 radical (unpaired) electrons. The Bertz CT molecular complexity index is 724. The molecule has 0 heterocycles. The minimum Gasteiger partial charge on any atom is -0.435 e. The van der Waals surface area contributed by atoms with Crippen molar-refractivity contribution in [1.29, 1.82) is 0 Å². The summed E-state index contributed by atoms with van der Waals surface area (Å²) in [5, 5.41) is 7.68. The van der Waals surface area contributed by atoms with Crippen LogP contribution in [0.4, 0.5) is 13.2 Å². The fourth-order valence-corrected chi connectivity index (χ4v) is 2.31. The lowest BCUT2D eigenvalue weighted by Gasteiger charge is -2.04. The Labute approximate surface area is 141 Å². The highest BCUT2D eigenvalue weighted by atomic mass is 32.2. The van der Waals surface area contributed by atoms with Gasteiger partial charge in [0.15, 0.2) is 5.17 Å². The molecule has 0 atom stereocenters. The summed E-state index contributed by atoms with van der Waals surface area (Å²) < 4.78 is 41.9.